The highest BCUT2D eigenvalue weighted by molar-refractivity contribution is 5.93. The molecule has 1 aromatic carbocycles. The fourth-order valence-electron chi connectivity index (χ4n) is 4.35. The Morgan fingerprint density at radius 1 is 1.30 bits per heavy atom. The number of carbonyl (C=O) groups excluding carboxylic acids is 2. The molecule has 3 rings (SSSR count). The number of aliphatic hydroxyl groups excluding tert-OH is 1. The Hall–Kier alpha value is -2.12. The van der Waals surface area contributed by atoms with Crippen molar-refractivity contribution in [2.75, 3.05) is 51.8 Å². The topological polar surface area (TPSA) is 82.1 Å². The van der Waals surface area contributed by atoms with E-state index in [1.807, 2.05) is 24.3 Å². The minimum Gasteiger partial charge on any atom is -0.495 e. The number of hydrogen-bond acceptors (Lipinski definition) is 5. The molecule has 0 unspecified atom stereocenters. The first-order chi connectivity index (χ1) is 13.0. The lowest BCUT2D eigenvalue weighted by Gasteiger charge is -2.48. The van der Waals surface area contributed by atoms with Crippen LogP contribution in [0.4, 0.5) is 5.69 Å². The molecule has 27 heavy (non-hydrogen) atoms. The van der Waals surface area contributed by atoms with Crippen molar-refractivity contribution in [1.82, 2.24) is 9.80 Å². The van der Waals surface area contributed by atoms with Crippen LogP contribution >= 0.6 is 0 Å². The van der Waals surface area contributed by atoms with Crippen molar-refractivity contribution in [1.29, 1.82) is 0 Å². The van der Waals surface area contributed by atoms with Crippen molar-refractivity contribution in [3.05, 3.63) is 24.3 Å². The molecule has 1 atom stereocenters. The van der Waals surface area contributed by atoms with Crippen LogP contribution in [0, 0.1) is 5.41 Å². The number of nitrogens with one attached hydrogen (secondary N) is 1. The van der Waals surface area contributed by atoms with Gasteiger partial charge in [0, 0.05) is 31.5 Å². The Kier molecular flexibility index (Phi) is 6.34. The Morgan fingerprint density at radius 3 is 2.89 bits per heavy atom. The third-order valence-electron chi connectivity index (χ3n) is 5.61. The number of para-hydroxylation sites is 2. The Bertz CT molecular complexity index is 681. The predicted octanol–water partition coefficient (Wildman–Crippen LogP) is 1.33. The lowest BCUT2D eigenvalue weighted by Crippen LogP contribution is -2.55. The van der Waals surface area contributed by atoms with Gasteiger partial charge >= 0.3 is 0 Å². The number of anilines is 1. The van der Waals surface area contributed by atoms with E-state index in [0.717, 1.165) is 32.4 Å². The zero-order valence-corrected chi connectivity index (χ0v) is 15.9. The number of ether oxygens (including phenoxy) is 1. The van der Waals surface area contributed by atoms with Gasteiger partial charge in [-0.3, -0.25) is 14.5 Å². The highest BCUT2D eigenvalue weighted by atomic mass is 16.5. The summed E-state index contributed by atoms with van der Waals surface area (Å²) in [6.45, 7) is 3.09. The zero-order valence-electron chi connectivity index (χ0n) is 15.9. The molecule has 1 aromatic rings. The molecule has 0 saturated carbocycles. The Morgan fingerprint density at radius 2 is 2.11 bits per heavy atom. The number of methoxy groups -OCH3 is 1. The summed E-state index contributed by atoms with van der Waals surface area (Å²) in [6, 6.07) is 7.38. The van der Waals surface area contributed by atoms with Crippen molar-refractivity contribution < 1.29 is 19.4 Å². The molecule has 1 spiro atoms. The zero-order chi connectivity index (χ0) is 19.3. The molecule has 148 valence electrons. The third-order valence-corrected chi connectivity index (χ3v) is 5.61. The predicted molar refractivity (Wildman–Crippen MR) is 103 cm³/mol. The lowest BCUT2D eigenvalue weighted by atomic mass is 9.73. The van der Waals surface area contributed by atoms with Crippen molar-refractivity contribution in [2.24, 2.45) is 5.41 Å². The van der Waals surface area contributed by atoms with Crippen LogP contribution in [0.3, 0.4) is 0 Å². The van der Waals surface area contributed by atoms with Crippen molar-refractivity contribution in [2.45, 2.75) is 25.7 Å². The minimum absolute atomic E-state index is 0.00709. The van der Waals surface area contributed by atoms with Gasteiger partial charge in [0.05, 0.1) is 25.9 Å². The average Bonchev–Trinajstić information content (AvgIpc) is 2.66. The van der Waals surface area contributed by atoms with E-state index in [0.29, 0.717) is 37.5 Å². The number of aliphatic hydroxyl groups is 1. The van der Waals surface area contributed by atoms with E-state index >= 15 is 0 Å². The van der Waals surface area contributed by atoms with Crippen LogP contribution in [-0.2, 0) is 9.59 Å². The summed E-state index contributed by atoms with van der Waals surface area (Å²) in [7, 11) is 1.59. The van der Waals surface area contributed by atoms with Crippen LogP contribution in [0.5, 0.6) is 5.75 Å². The number of rotatable bonds is 6. The number of piperidine rings is 2. The van der Waals surface area contributed by atoms with Crippen LogP contribution in [0.25, 0.3) is 0 Å². The fraction of sp³-hybridized carbons (Fsp3) is 0.600. The van der Waals surface area contributed by atoms with Crippen molar-refractivity contribution in [3.63, 3.8) is 0 Å². The van der Waals surface area contributed by atoms with E-state index in [9.17, 15) is 14.7 Å². The highest BCUT2D eigenvalue weighted by Crippen LogP contribution is 2.38. The molecule has 2 N–H and O–H groups in total. The fourth-order valence-corrected chi connectivity index (χ4v) is 4.35. The molecule has 2 aliphatic heterocycles. The molecule has 0 aliphatic carbocycles. The van der Waals surface area contributed by atoms with E-state index in [1.165, 1.54) is 0 Å². The van der Waals surface area contributed by atoms with Gasteiger partial charge in [0.15, 0.2) is 0 Å². The van der Waals surface area contributed by atoms with Gasteiger partial charge in [-0.15, -0.1) is 0 Å². The van der Waals surface area contributed by atoms with Gasteiger partial charge < -0.3 is 20.1 Å². The molecule has 2 amide bonds. The van der Waals surface area contributed by atoms with Gasteiger partial charge in [-0.2, -0.15) is 0 Å². The van der Waals surface area contributed by atoms with E-state index in [4.69, 9.17) is 4.74 Å². The van der Waals surface area contributed by atoms with E-state index in [2.05, 4.69) is 10.2 Å². The summed E-state index contributed by atoms with van der Waals surface area (Å²) in [4.78, 5) is 28.6. The molecule has 0 bridgehead atoms. The van der Waals surface area contributed by atoms with Crippen LogP contribution < -0.4 is 10.1 Å². The molecule has 2 aliphatic rings. The van der Waals surface area contributed by atoms with Crippen molar-refractivity contribution >= 4 is 17.5 Å². The number of amides is 2. The van der Waals surface area contributed by atoms with Crippen LogP contribution in [0.1, 0.15) is 25.7 Å². The summed E-state index contributed by atoms with van der Waals surface area (Å²) in [5.74, 6) is 0.711. The van der Waals surface area contributed by atoms with Gasteiger partial charge in [0.25, 0.3) is 0 Å². The summed E-state index contributed by atoms with van der Waals surface area (Å²) in [5, 5.41) is 12.1. The molecule has 2 fully saturated rings. The number of likely N-dealkylation sites (tertiary alicyclic amines) is 2. The first-order valence-corrected chi connectivity index (χ1v) is 9.59. The molecule has 2 saturated heterocycles. The summed E-state index contributed by atoms with van der Waals surface area (Å²) in [5.41, 5.74) is 0.709. The monoisotopic (exact) mass is 375 g/mol. The lowest BCUT2D eigenvalue weighted by molar-refractivity contribution is -0.140. The van der Waals surface area contributed by atoms with E-state index in [1.54, 1.807) is 12.0 Å². The maximum absolute atomic E-state index is 12.5. The number of benzene rings is 1. The van der Waals surface area contributed by atoms with Crippen LogP contribution in [0.2, 0.25) is 0 Å². The highest BCUT2D eigenvalue weighted by Gasteiger charge is 2.41. The maximum atomic E-state index is 12.5. The summed E-state index contributed by atoms with van der Waals surface area (Å²) >= 11 is 0. The molecular formula is C20H29N3O4. The molecule has 0 radical (unpaired) electrons. The smallest absolute Gasteiger partial charge is 0.238 e. The second-order valence-corrected chi connectivity index (χ2v) is 7.60. The van der Waals surface area contributed by atoms with E-state index < -0.39 is 0 Å². The largest absolute Gasteiger partial charge is 0.495 e. The second-order valence-electron chi connectivity index (χ2n) is 7.60. The van der Waals surface area contributed by atoms with Gasteiger partial charge in [-0.05, 0) is 37.9 Å². The third kappa shape index (κ3) is 4.78. The first-order valence-electron chi connectivity index (χ1n) is 9.59. The van der Waals surface area contributed by atoms with Gasteiger partial charge in [0.1, 0.15) is 5.75 Å². The number of nitrogens with zero attached hydrogens (tertiary/aromatic N) is 2. The number of carbonyl (C=O) groups is 2. The molecule has 7 heteroatoms. The normalized spacial score (nSPS) is 23.5. The summed E-state index contributed by atoms with van der Waals surface area (Å²) in [6.07, 6.45) is 3.47. The summed E-state index contributed by atoms with van der Waals surface area (Å²) < 4.78 is 5.28. The van der Waals surface area contributed by atoms with Gasteiger partial charge in [-0.1, -0.05) is 12.1 Å². The second kappa shape index (κ2) is 8.71. The van der Waals surface area contributed by atoms with Crippen molar-refractivity contribution in [3.8, 4) is 5.75 Å². The SMILES string of the molecule is COc1ccccc1NC(=O)CN1CCC[C@@]2(CCC(=O)N(CCO)C2)C1. The average molecular weight is 375 g/mol. The quantitative estimate of drug-likeness (QED) is 0.784. The molecule has 2 heterocycles. The molecular weight excluding hydrogens is 346 g/mol. The minimum atomic E-state index is -0.0596. The van der Waals surface area contributed by atoms with Gasteiger partial charge in [-0.25, -0.2) is 0 Å². The van der Waals surface area contributed by atoms with Gasteiger partial charge in [0.2, 0.25) is 11.8 Å². The van der Waals surface area contributed by atoms with Crippen LogP contribution in [0.15, 0.2) is 24.3 Å². The van der Waals surface area contributed by atoms with E-state index in [-0.39, 0.29) is 23.8 Å². The van der Waals surface area contributed by atoms with Crippen LogP contribution in [-0.4, -0.2) is 73.2 Å². The molecule has 0 aromatic heterocycles. The number of β-amino-alcohol motifs (C(OH)–C–C–N with tert-alkyl or cyclic N) is 1. The Balaban J connectivity index is 1.59. The number of hydrogen-bond donors (Lipinski definition) is 2. The maximum Gasteiger partial charge on any atom is 0.238 e. The molecule has 7 nitrogen and oxygen atoms in total. The standard InChI is InChI=1S/C20H29N3O4/c1-27-17-6-3-2-5-16(17)21-18(25)13-22-10-4-8-20(14-22)9-7-19(26)23(15-20)11-12-24/h2-3,5-6,24H,4,7-15H2,1H3,(H,21,25)/t20-/m1/s1. The Labute approximate surface area is 160 Å². The first kappa shape index (κ1) is 19.6.